The summed E-state index contributed by atoms with van der Waals surface area (Å²) in [5, 5.41) is 3.72. The van der Waals surface area contributed by atoms with E-state index >= 15 is 0 Å². The van der Waals surface area contributed by atoms with Crippen molar-refractivity contribution in [1.29, 1.82) is 0 Å². The fourth-order valence-electron chi connectivity index (χ4n) is 3.80. The second-order valence-electron chi connectivity index (χ2n) is 8.20. The van der Waals surface area contributed by atoms with Crippen molar-refractivity contribution >= 4 is 34.6 Å². The highest BCUT2D eigenvalue weighted by Crippen LogP contribution is 2.25. The lowest BCUT2D eigenvalue weighted by molar-refractivity contribution is -0.152. The van der Waals surface area contributed by atoms with Gasteiger partial charge in [-0.15, -0.1) is 0 Å². The zero-order valence-electron chi connectivity index (χ0n) is 18.8. The summed E-state index contributed by atoms with van der Waals surface area (Å²) < 4.78 is 10.8. The minimum Gasteiger partial charge on any atom is -0.464 e. The quantitative estimate of drug-likeness (QED) is 0.602. The third kappa shape index (κ3) is 5.34. The van der Waals surface area contributed by atoms with Crippen LogP contribution in [0.3, 0.4) is 0 Å². The highest BCUT2D eigenvalue weighted by molar-refractivity contribution is 5.90. The van der Waals surface area contributed by atoms with E-state index < -0.39 is 5.97 Å². The van der Waals surface area contributed by atoms with Crippen LogP contribution in [0.25, 0.3) is 11.0 Å². The first-order valence-electron chi connectivity index (χ1n) is 10.9. The molecule has 3 aromatic rings. The van der Waals surface area contributed by atoms with Crippen LogP contribution in [0.5, 0.6) is 0 Å². The summed E-state index contributed by atoms with van der Waals surface area (Å²) >= 11 is 0. The monoisotopic (exact) mass is 449 g/mol. The molecule has 1 aliphatic rings. The Kier molecular flexibility index (Phi) is 6.63. The van der Waals surface area contributed by atoms with Crippen molar-refractivity contribution in [2.75, 3.05) is 38.1 Å². The van der Waals surface area contributed by atoms with Gasteiger partial charge in [0.05, 0.1) is 12.7 Å². The molecule has 1 N–H and O–H groups in total. The third-order valence-corrected chi connectivity index (χ3v) is 5.91. The van der Waals surface area contributed by atoms with Crippen LogP contribution in [0.15, 0.2) is 53.1 Å². The van der Waals surface area contributed by atoms with E-state index in [1.807, 2.05) is 56.3 Å². The number of para-hydroxylation sites is 1. The van der Waals surface area contributed by atoms with Gasteiger partial charge in [-0.3, -0.25) is 9.59 Å². The molecule has 0 unspecified atom stereocenters. The number of carbonyl (C=O) groups excluding carboxylic acids is 3. The molecule has 0 bridgehead atoms. The second kappa shape index (κ2) is 9.77. The summed E-state index contributed by atoms with van der Waals surface area (Å²) in [5.41, 5.74) is 4.43. The molecule has 1 aromatic heterocycles. The average Bonchev–Trinajstić information content (AvgIpc) is 3.19. The van der Waals surface area contributed by atoms with E-state index in [-0.39, 0.29) is 25.0 Å². The number of nitrogens with one attached hydrogen (secondary N) is 1. The SMILES string of the molecule is Cc1cc2occ(CC(=O)OCC(=O)N3CCN(C(=O)Nc4ccccc4)CC3)c2cc1C. The van der Waals surface area contributed by atoms with Gasteiger partial charge in [0.25, 0.3) is 5.91 Å². The molecule has 1 aliphatic heterocycles. The fraction of sp³-hybridized carbons (Fsp3) is 0.320. The Hall–Kier alpha value is -3.81. The Morgan fingerprint density at radius 3 is 2.36 bits per heavy atom. The van der Waals surface area contributed by atoms with E-state index in [0.717, 1.165) is 33.3 Å². The molecule has 172 valence electrons. The summed E-state index contributed by atoms with van der Waals surface area (Å²) in [4.78, 5) is 40.4. The number of hydrogen-bond donors (Lipinski definition) is 1. The normalized spacial score (nSPS) is 13.8. The minimum atomic E-state index is -0.481. The van der Waals surface area contributed by atoms with Crippen LogP contribution >= 0.6 is 0 Å². The molecule has 4 rings (SSSR count). The van der Waals surface area contributed by atoms with Crippen LogP contribution in [-0.2, 0) is 20.7 Å². The Balaban J connectivity index is 1.23. The van der Waals surface area contributed by atoms with Crippen molar-refractivity contribution in [1.82, 2.24) is 9.80 Å². The molecule has 1 saturated heterocycles. The van der Waals surface area contributed by atoms with Crippen LogP contribution in [0.1, 0.15) is 16.7 Å². The maximum Gasteiger partial charge on any atom is 0.321 e. The highest BCUT2D eigenvalue weighted by Gasteiger charge is 2.25. The van der Waals surface area contributed by atoms with Crippen LogP contribution in [0.4, 0.5) is 10.5 Å². The van der Waals surface area contributed by atoms with Crippen molar-refractivity contribution in [2.24, 2.45) is 0 Å². The number of ether oxygens (including phenoxy) is 1. The molecular weight excluding hydrogens is 422 g/mol. The Labute approximate surface area is 192 Å². The van der Waals surface area contributed by atoms with Gasteiger partial charge in [-0.25, -0.2) is 4.79 Å². The smallest absolute Gasteiger partial charge is 0.321 e. The maximum absolute atomic E-state index is 12.5. The number of nitrogens with zero attached hydrogens (tertiary/aromatic N) is 2. The van der Waals surface area contributed by atoms with E-state index in [0.29, 0.717) is 26.2 Å². The molecule has 2 aromatic carbocycles. The first-order chi connectivity index (χ1) is 15.9. The van der Waals surface area contributed by atoms with Gasteiger partial charge in [0.1, 0.15) is 5.58 Å². The predicted octanol–water partition coefficient (Wildman–Crippen LogP) is 3.51. The molecule has 0 atom stereocenters. The number of carbonyl (C=O) groups is 3. The van der Waals surface area contributed by atoms with E-state index in [2.05, 4.69) is 5.32 Å². The second-order valence-corrected chi connectivity index (χ2v) is 8.20. The lowest BCUT2D eigenvalue weighted by Crippen LogP contribution is -2.52. The number of fused-ring (bicyclic) bond motifs is 1. The molecule has 3 amide bonds. The predicted molar refractivity (Wildman–Crippen MR) is 124 cm³/mol. The van der Waals surface area contributed by atoms with E-state index in [9.17, 15) is 14.4 Å². The third-order valence-electron chi connectivity index (χ3n) is 5.91. The molecule has 2 heterocycles. The van der Waals surface area contributed by atoms with E-state index in [1.165, 1.54) is 0 Å². The number of amides is 3. The summed E-state index contributed by atoms with van der Waals surface area (Å²) in [6.45, 7) is 5.31. The highest BCUT2D eigenvalue weighted by atomic mass is 16.5. The van der Waals surface area contributed by atoms with Gasteiger partial charge in [0.2, 0.25) is 0 Å². The first kappa shape index (κ1) is 22.4. The number of hydrogen-bond acceptors (Lipinski definition) is 5. The van der Waals surface area contributed by atoms with E-state index in [1.54, 1.807) is 16.1 Å². The van der Waals surface area contributed by atoms with Crippen LogP contribution in [-0.4, -0.2) is 60.5 Å². The van der Waals surface area contributed by atoms with Crippen molar-refractivity contribution in [3.05, 3.63) is 65.4 Å². The van der Waals surface area contributed by atoms with Crippen LogP contribution < -0.4 is 5.32 Å². The number of rotatable bonds is 5. The molecular formula is C25H27N3O5. The topological polar surface area (TPSA) is 92.1 Å². The number of aryl methyl sites for hydroxylation is 2. The fourth-order valence-corrected chi connectivity index (χ4v) is 3.80. The van der Waals surface area contributed by atoms with Gasteiger partial charge in [-0.05, 0) is 49.2 Å². The molecule has 1 fully saturated rings. The van der Waals surface area contributed by atoms with Gasteiger partial charge in [-0.2, -0.15) is 0 Å². The van der Waals surface area contributed by atoms with Gasteiger partial charge in [-0.1, -0.05) is 18.2 Å². The maximum atomic E-state index is 12.5. The molecule has 0 aliphatic carbocycles. The largest absolute Gasteiger partial charge is 0.464 e. The van der Waals surface area contributed by atoms with E-state index in [4.69, 9.17) is 9.15 Å². The van der Waals surface area contributed by atoms with Gasteiger partial charge in [0, 0.05) is 42.8 Å². The number of furan rings is 1. The molecule has 33 heavy (non-hydrogen) atoms. The summed E-state index contributed by atoms with van der Waals surface area (Å²) in [7, 11) is 0. The number of benzene rings is 2. The van der Waals surface area contributed by atoms with Crippen molar-refractivity contribution in [2.45, 2.75) is 20.3 Å². The number of urea groups is 1. The average molecular weight is 450 g/mol. The Bertz CT molecular complexity index is 1160. The molecule has 8 nitrogen and oxygen atoms in total. The van der Waals surface area contributed by atoms with Crippen LogP contribution in [0.2, 0.25) is 0 Å². The van der Waals surface area contributed by atoms with Gasteiger partial charge >= 0.3 is 12.0 Å². The zero-order valence-corrected chi connectivity index (χ0v) is 18.8. The van der Waals surface area contributed by atoms with Crippen molar-refractivity contribution in [3.63, 3.8) is 0 Å². The number of anilines is 1. The molecule has 0 spiro atoms. The lowest BCUT2D eigenvalue weighted by Gasteiger charge is -2.34. The Morgan fingerprint density at radius 2 is 1.64 bits per heavy atom. The van der Waals surface area contributed by atoms with Gasteiger partial charge in [0.15, 0.2) is 6.61 Å². The summed E-state index contributed by atoms with van der Waals surface area (Å²) in [6, 6.07) is 13.0. The molecule has 0 saturated carbocycles. The van der Waals surface area contributed by atoms with Crippen molar-refractivity contribution < 1.29 is 23.5 Å². The standard InChI is InChI=1S/C25H27N3O5/c1-17-12-21-19(15-32-22(21)13-18(17)2)14-24(30)33-16-23(29)27-8-10-28(11-9-27)25(31)26-20-6-4-3-5-7-20/h3-7,12-13,15H,8-11,14,16H2,1-2H3,(H,26,31). The first-order valence-corrected chi connectivity index (χ1v) is 10.9. The minimum absolute atomic E-state index is 0.0379. The lowest BCUT2D eigenvalue weighted by atomic mass is 10.0. The number of esters is 1. The van der Waals surface area contributed by atoms with Crippen molar-refractivity contribution in [3.8, 4) is 0 Å². The molecule has 0 radical (unpaired) electrons. The molecule has 8 heteroatoms. The Morgan fingerprint density at radius 1 is 0.970 bits per heavy atom. The zero-order chi connectivity index (χ0) is 23.4. The summed E-state index contributed by atoms with van der Waals surface area (Å²) in [5.74, 6) is -0.750. The van der Waals surface area contributed by atoms with Crippen LogP contribution in [0, 0.1) is 13.8 Å². The van der Waals surface area contributed by atoms with Gasteiger partial charge < -0.3 is 24.3 Å². The number of piperazine rings is 1. The summed E-state index contributed by atoms with van der Waals surface area (Å²) in [6.07, 6.45) is 1.60.